The summed E-state index contributed by atoms with van der Waals surface area (Å²) in [6, 6.07) is 10.0. The molecule has 130 valence electrons. The zero-order chi connectivity index (χ0) is 17.5. The van der Waals surface area contributed by atoms with Crippen molar-refractivity contribution in [2.45, 2.75) is 44.3 Å². The van der Waals surface area contributed by atoms with E-state index >= 15 is 0 Å². The van der Waals surface area contributed by atoms with Crippen molar-refractivity contribution in [3.05, 3.63) is 47.5 Å². The number of carbonyl (C=O) groups is 1. The molecule has 5 nitrogen and oxygen atoms in total. The fourth-order valence-corrected chi connectivity index (χ4v) is 2.66. The first-order chi connectivity index (χ1) is 11.7. The Kier molecular flexibility index (Phi) is 6.61. The third-order valence-electron chi connectivity index (χ3n) is 4.10. The van der Waals surface area contributed by atoms with Crippen LogP contribution in [0.25, 0.3) is 0 Å². The summed E-state index contributed by atoms with van der Waals surface area (Å²) in [5, 5.41) is 4.53. The van der Waals surface area contributed by atoms with E-state index in [1.54, 1.807) is 11.8 Å². The highest BCUT2D eigenvalue weighted by molar-refractivity contribution is 5.24. The number of carbonyl (C=O) groups excluding carboxylic acids is 1. The molecule has 0 radical (unpaired) electrons. The zero-order valence-corrected chi connectivity index (χ0v) is 14.2. The van der Waals surface area contributed by atoms with Gasteiger partial charge in [-0.05, 0) is 25.3 Å². The van der Waals surface area contributed by atoms with Crippen molar-refractivity contribution in [3.63, 3.8) is 0 Å². The van der Waals surface area contributed by atoms with Gasteiger partial charge in [-0.1, -0.05) is 30.3 Å². The number of halogens is 1. The molecule has 1 aromatic carbocycles. The molecule has 1 aliphatic carbocycles. The lowest BCUT2D eigenvalue weighted by Gasteiger charge is -2.11. The van der Waals surface area contributed by atoms with E-state index in [9.17, 15) is 4.39 Å². The van der Waals surface area contributed by atoms with Gasteiger partial charge in [0.25, 0.3) is 0 Å². The van der Waals surface area contributed by atoms with E-state index in [0.717, 1.165) is 30.8 Å². The van der Waals surface area contributed by atoms with Crippen molar-refractivity contribution in [2.24, 2.45) is 0 Å². The highest BCUT2D eigenvalue weighted by Gasteiger charge is 2.38. The van der Waals surface area contributed by atoms with E-state index in [1.165, 1.54) is 0 Å². The van der Waals surface area contributed by atoms with Gasteiger partial charge in [0, 0.05) is 26.1 Å². The third kappa shape index (κ3) is 4.06. The first-order valence-corrected chi connectivity index (χ1v) is 8.17. The number of methoxy groups -OCH3 is 1. The lowest BCUT2D eigenvalue weighted by molar-refractivity contribution is -0.0979. The van der Waals surface area contributed by atoms with Crippen LogP contribution in [-0.2, 0) is 9.53 Å². The summed E-state index contributed by atoms with van der Waals surface area (Å²) in [5.41, 5.74) is 1.12. The number of fused-ring (bicyclic) bond motifs is 1. The molecule has 0 bridgehead atoms. The Morgan fingerprint density at radius 3 is 2.46 bits per heavy atom. The Morgan fingerprint density at radius 1 is 1.29 bits per heavy atom. The molecule has 1 saturated carbocycles. The van der Waals surface area contributed by atoms with Crippen molar-refractivity contribution in [3.8, 4) is 0 Å². The predicted molar refractivity (Wildman–Crippen MR) is 89.7 cm³/mol. The van der Waals surface area contributed by atoms with Crippen LogP contribution >= 0.6 is 0 Å². The van der Waals surface area contributed by atoms with Gasteiger partial charge in [0.2, 0.25) is 0 Å². The zero-order valence-electron chi connectivity index (χ0n) is 14.2. The summed E-state index contributed by atoms with van der Waals surface area (Å²) < 4.78 is 20.4. The van der Waals surface area contributed by atoms with Gasteiger partial charge in [-0.15, -0.1) is 0 Å². The van der Waals surface area contributed by atoms with Crippen molar-refractivity contribution < 1.29 is 13.9 Å². The number of hydrogen-bond acceptors (Lipinski definition) is 4. The van der Waals surface area contributed by atoms with Gasteiger partial charge in [-0.25, -0.2) is 14.1 Å². The van der Waals surface area contributed by atoms with E-state index < -0.39 is 6.17 Å². The van der Waals surface area contributed by atoms with Crippen LogP contribution in [0.2, 0.25) is 0 Å². The van der Waals surface area contributed by atoms with Gasteiger partial charge >= 0.3 is 0 Å². The lowest BCUT2D eigenvalue weighted by atomic mass is 10.0. The second-order valence-corrected chi connectivity index (χ2v) is 5.75. The average molecular weight is 333 g/mol. The molecule has 2 aliphatic rings. The Labute approximate surface area is 141 Å². The van der Waals surface area contributed by atoms with Crippen molar-refractivity contribution in [1.29, 1.82) is 0 Å². The largest absolute Gasteiger partial charge is 0.385 e. The highest BCUT2D eigenvalue weighted by Crippen LogP contribution is 2.43. The normalized spacial score (nSPS) is 21.1. The number of ether oxygens (including phenoxy) is 1. The fourth-order valence-electron chi connectivity index (χ4n) is 2.66. The number of hydrogen-bond donors (Lipinski definition) is 0. The first kappa shape index (κ1) is 18.3. The molecular formula is C18H24FN3O2. The second kappa shape index (κ2) is 8.68. The Balaban J connectivity index is 0.000000308. The SMILES string of the molecule is C=O.CCOC.FC1CC(c2ccccc2)n2nc(C3CC3)nc21. The van der Waals surface area contributed by atoms with Crippen LogP contribution in [0.4, 0.5) is 4.39 Å². The molecule has 2 aromatic rings. The van der Waals surface area contributed by atoms with E-state index in [-0.39, 0.29) is 6.04 Å². The smallest absolute Gasteiger partial charge is 0.162 e. The molecule has 1 aliphatic heterocycles. The molecule has 1 fully saturated rings. The molecule has 0 saturated heterocycles. The van der Waals surface area contributed by atoms with Gasteiger partial charge in [0.15, 0.2) is 17.8 Å². The molecule has 24 heavy (non-hydrogen) atoms. The van der Waals surface area contributed by atoms with E-state index in [4.69, 9.17) is 4.79 Å². The topological polar surface area (TPSA) is 57.0 Å². The van der Waals surface area contributed by atoms with Crippen LogP contribution in [-0.4, -0.2) is 35.3 Å². The van der Waals surface area contributed by atoms with Crippen molar-refractivity contribution >= 4 is 6.79 Å². The summed E-state index contributed by atoms with van der Waals surface area (Å²) >= 11 is 0. The van der Waals surface area contributed by atoms with E-state index in [0.29, 0.717) is 18.2 Å². The summed E-state index contributed by atoms with van der Waals surface area (Å²) in [6.07, 6.45) is 1.78. The molecule has 2 unspecified atom stereocenters. The Morgan fingerprint density at radius 2 is 1.92 bits per heavy atom. The van der Waals surface area contributed by atoms with Gasteiger partial charge in [-0.2, -0.15) is 5.10 Å². The minimum Gasteiger partial charge on any atom is -0.385 e. The van der Waals surface area contributed by atoms with Crippen LogP contribution in [0.15, 0.2) is 30.3 Å². The summed E-state index contributed by atoms with van der Waals surface area (Å²) in [4.78, 5) is 12.4. The van der Waals surface area contributed by atoms with Gasteiger partial charge in [-0.3, -0.25) is 0 Å². The summed E-state index contributed by atoms with van der Waals surface area (Å²) in [7, 11) is 1.68. The maximum absolute atomic E-state index is 14.0. The standard InChI is InChI=1S/C14H14FN3.C3H8O.CH2O/c15-11-8-12(9-4-2-1-3-5-9)18-14(11)16-13(17-18)10-6-7-10;1-3-4-2;1-2/h1-5,10-12H,6-8H2;3H2,1-2H3;1H2. The molecule has 0 N–H and O–H groups in total. The van der Waals surface area contributed by atoms with Crippen LogP contribution in [0, 0.1) is 0 Å². The third-order valence-corrected chi connectivity index (χ3v) is 4.10. The average Bonchev–Trinajstić information content (AvgIpc) is 3.33. The monoisotopic (exact) mass is 333 g/mol. The maximum Gasteiger partial charge on any atom is 0.162 e. The first-order valence-electron chi connectivity index (χ1n) is 8.17. The maximum atomic E-state index is 14.0. The second-order valence-electron chi connectivity index (χ2n) is 5.75. The van der Waals surface area contributed by atoms with Gasteiger partial charge < -0.3 is 9.53 Å². The van der Waals surface area contributed by atoms with Crippen LogP contribution in [0.3, 0.4) is 0 Å². The molecule has 0 spiro atoms. The van der Waals surface area contributed by atoms with E-state index in [1.807, 2.05) is 44.0 Å². The molecular weight excluding hydrogens is 309 g/mol. The number of rotatable bonds is 3. The number of alkyl halides is 1. The minimum absolute atomic E-state index is 0.0104. The van der Waals surface area contributed by atoms with Crippen molar-refractivity contribution in [1.82, 2.24) is 14.8 Å². The fraction of sp³-hybridized carbons (Fsp3) is 0.500. The van der Waals surface area contributed by atoms with Crippen LogP contribution in [0.5, 0.6) is 0 Å². The van der Waals surface area contributed by atoms with Crippen LogP contribution in [0.1, 0.15) is 61.5 Å². The Hall–Kier alpha value is -2.08. The molecule has 1 aromatic heterocycles. The van der Waals surface area contributed by atoms with Crippen LogP contribution < -0.4 is 0 Å². The molecule has 2 atom stereocenters. The number of benzene rings is 1. The van der Waals surface area contributed by atoms with E-state index in [2.05, 4.69) is 14.8 Å². The predicted octanol–water partition coefficient (Wildman–Crippen LogP) is 3.63. The van der Waals surface area contributed by atoms with Gasteiger partial charge in [0.1, 0.15) is 6.79 Å². The molecule has 0 amide bonds. The minimum atomic E-state index is -0.977. The quantitative estimate of drug-likeness (QED) is 0.861. The molecule has 2 heterocycles. The summed E-state index contributed by atoms with van der Waals surface area (Å²) in [5.74, 6) is 1.84. The summed E-state index contributed by atoms with van der Waals surface area (Å²) in [6.45, 7) is 4.78. The molecule has 6 heteroatoms. The highest BCUT2D eigenvalue weighted by atomic mass is 19.1. The molecule has 4 rings (SSSR count). The Bertz CT molecular complexity index is 626. The lowest BCUT2D eigenvalue weighted by Crippen LogP contribution is -2.07. The number of nitrogens with zero attached hydrogens (tertiary/aromatic N) is 3. The van der Waals surface area contributed by atoms with Crippen molar-refractivity contribution in [2.75, 3.05) is 13.7 Å². The van der Waals surface area contributed by atoms with Gasteiger partial charge in [0.05, 0.1) is 6.04 Å². The number of aromatic nitrogens is 3.